The van der Waals surface area contributed by atoms with Gasteiger partial charge in [-0.15, -0.1) is 0 Å². The van der Waals surface area contributed by atoms with Crippen molar-refractivity contribution in [1.82, 2.24) is 0 Å². The summed E-state index contributed by atoms with van der Waals surface area (Å²) in [5, 5.41) is 27.9. The molecule has 0 aliphatic carbocycles. The van der Waals surface area contributed by atoms with Crippen LogP contribution >= 0.6 is 0 Å². The first-order chi connectivity index (χ1) is 9.08. The quantitative estimate of drug-likeness (QED) is 0.738. The van der Waals surface area contributed by atoms with Gasteiger partial charge in [-0.25, -0.2) is 4.79 Å². The van der Waals surface area contributed by atoms with Crippen LogP contribution in [0.2, 0.25) is 0 Å². The first-order valence-electron chi connectivity index (χ1n) is 5.60. The molecule has 2 rings (SSSR count). The molecule has 0 aliphatic heterocycles. The molecular formula is C15H12O4. The van der Waals surface area contributed by atoms with E-state index in [-0.39, 0.29) is 0 Å². The third kappa shape index (κ3) is 2.93. The molecule has 0 aliphatic rings. The number of benzene rings is 2. The summed E-state index contributed by atoms with van der Waals surface area (Å²) >= 11 is 0. The molecule has 4 heteroatoms. The Hall–Kier alpha value is -2.75. The SMILES string of the molecule is O=C(O)c1c(O)cc(C=Cc2ccccc2)cc1O. The Kier molecular flexibility index (Phi) is 3.52. The van der Waals surface area contributed by atoms with Gasteiger partial charge in [-0.1, -0.05) is 42.5 Å². The molecule has 0 bridgehead atoms. The molecule has 4 nitrogen and oxygen atoms in total. The maximum absolute atomic E-state index is 10.8. The number of carboxylic acids is 1. The predicted molar refractivity (Wildman–Crippen MR) is 72.1 cm³/mol. The summed E-state index contributed by atoms with van der Waals surface area (Å²) in [5.41, 5.74) is 0.990. The molecule has 0 fully saturated rings. The molecular weight excluding hydrogens is 244 g/mol. The summed E-state index contributed by atoms with van der Waals surface area (Å²) in [5.74, 6) is -2.28. The van der Waals surface area contributed by atoms with Crippen molar-refractivity contribution in [2.24, 2.45) is 0 Å². The fourth-order valence-electron chi connectivity index (χ4n) is 1.70. The second-order valence-electron chi connectivity index (χ2n) is 3.98. The lowest BCUT2D eigenvalue weighted by Gasteiger charge is -2.04. The van der Waals surface area contributed by atoms with Crippen molar-refractivity contribution in [2.75, 3.05) is 0 Å². The van der Waals surface area contributed by atoms with Crippen molar-refractivity contribution in [1.29, 1.82) is 0 Å². The highest BCUT2D eigenvalue weighted by atomic mass is 16.4. The minimum atomic E-state index is -1.37. The van der Waals surface area contributed by atoms with Gasteiger partial charge in [0.1, 0.15) is 17.1 Å². The van der Waals surface area contributed by atoms with Crippen molar-refractivity contribution in [3.8, 4) is 11.5 Å². The topological polar surface area (TPSA) is 77.8 Å². The van der Waals surface area contributed by atoms with Gasteiger partial charge in [0.25, 0.3) is 0 Å². The first-order valence-corrected chi connectivity index (χ1v) is 5.60. The monoisotopic (exact) mass is 256 g/mol. The van der Waals surface area contributed by atoms with Crippen molar-refractivity contribution in [3.63, 3.8) is 0 Å². The number of carbonyl (C=O) groups is 1. The standard InChI is InChI=1S/C15H12O4/c16-12-8-11(9-13(17)14(12)15(18)19)7-6-10-4-2-1-3-5-10/h1-9,16-17H,(H,18,19). The Balaban J connectivity index is 2.33. The van der Waals surface area contributed by atoms with Gasteiger partial charge in [0, 0.05) is 0 Å². The molecule has 2 aromatic rings. The molecule has 0 heterocycles. The lowest BCUT2D eigenvalue weighted by atomic mass is 10.1. The van der Waals surface area contributed by atoms with Crippen LogP contribution in [0.1, 0.15) is 21.5 Å². The van der Waals surface area contributed by atoms with E-state index in [1.165, 1.54) is 12.1 Å². The Morgan fingerprint density at radius 2 is 1.42 bits per heavy atom. The highest BCUT2D eigenvalue weighted by Gasteiger charge is 2.15. The molecule has 0 radical (unpaired) electrons. The lowest BCUT2D eigenvalue weighted by molar-refractivity contribution is 0.0690. The van der Waals surface area contributed by atoms with E-state index in [1.54, 1.807) is 12.2 Å². The number of carboxylic acid groups (broad SMARTS) is 1. The molecule has 0 spiro atoms. The van der Waals surface area contributed by atoms with Crippen LogP contribution in [0.5, 0.6) is 11.5 Å². The van der Waals surface area contributed by atoms with E-state index in [1.807, 2.05) is 30.3 Å². The lowest BCUT2D eigenvalue weighted by Crippen LogP contribution is -1.97. The van der Waals surface area contributed by atoms with Crippen LogP contribution in [0, 0.1) is 0 Å². The molecule has 0 amide bonds. The predicted octanol–water partition coefficient (Wildman–Crippen LogP) is 2.97. The van der Waals surface area contributed by atoms with Gasteiger partial charge >= 0.3 is 5.97 Å². The number of hydrogen-bond acceptors (Lipinski definition) is 3. The normalized spacial score (nSPS) is 10.7. The smallest absolute Gasteiger partial charge is 0.343 e. The van der Waals surface area contributed by atoms with E-state index >= 15 is 0 Å². The van der Waals surface area contributed by atoms with Crippen LogP contribution in [-0.4, -0.2) is 21.3 Å². The van der Waals surface area contributed by atoms with E-state index in [2.05, 4.69) is 0 Å². The van der Waals surface area contributed by atoms with Gasteiger partial charge < -0.3 is 15.3 Å². The highest BCUT2D eigenvalue weighted by Crippen LogP contribution is 2.29. The van der Waals surface area contributed by atoms with Gasteiger partial charge in [-0.2, -0.15) is 0 Å². The largest absolute Gasteiger partial charge is 0.507 e. The summed E-state index contributed by atoms with van der Waals surface area (Å²) in [6.45, 7) is 0. The second-order valence-corrected chi connectivity index (χ2v) is 3.98. The minimum Gasteiger partial charge on any atom is -0.507 e. The second kappa shape index (κ2) is 5.27. The molecule has 3 N–H and O–H groups in total. The van der Waals surface area contributed by atoms with Gasteiger partial charge in [-0.3, -0.25) is 0 Å². The van der Waals surface area contributed by atoms with Gasteiger partial charge in [-0.05, 0) is 23.3 Å². The summed E-state index contributed by atoms with van der Waals surface area (Å²) in [7, 11) is 0. The Labute approximate surface area is 109 Å². The van der Waals surface area contributed by atoms with E-state index < -0.39 is 23.0 Å². The zero-order valence-electron chi connectivity index (χ0n) is 9.95. The molecule has 96 valence electrons. The fraction of sp³-hybridized carbons (Fsp3) is 0. The summed E-state index contributed by atoms with van der Waals surface area (Å²) in [4.78, 5) is 10.8. The van der Waals surface area contributed by atoms with Crippen LogP contribution < -0.4 is 0 Å². The molecule has 19 heavy (non-hydrogen) atoms. The number of aromatic carboxylic acids is 1. The van der Waals surface area contributed by atoms with Gasteiger partial charge in [0.2, 0.25) is 0 Å². The fourth-order valence-corrected chi connectivity index (χ4v) is 1.70. The zero-order valence-corrected chi connectivity index (χ0v) is 9.95. The Morgan fingerprint density at radius 3 is 1.95 bits per heavy atom. The van der Waals surface area contributed by atoms with Crippen LogP contribution in [-0.2, 0) is 0 Å². The van der Waals surface area contributed by atoms with Crippen molar-refractivity contribution in [2.45, 2.75) is 0 Å². The van der Waals surface area contributed by atoms with Crippen molar-refractivity contribution >= 4 is 18.1 Å². The third-order valence-electron chi connectivity index (χ3n) is 2.60. The number of rotatable bonds is 3. The van der Waals surface area contributed by atoms with Crippen LogP contribution in [0.4, 0.5) is 0 Å². The average Bonchev–Trinajstić information content (AvgIpc) is 2.36. The molecule has 0 atom stereocenters. The van der Waals surface area contributed by atoms with E-state index in [4.69, 9.17) is 5.11 Å². The maximum atomic E-state index is 10.8. The van der Waals surface area contributed by atoms with Crippen molar-refractivity contribution < 1.29 is 20.1 Å². The molecule has 0 aromatic heterocycles. The molecule has 0 unspecified atom stereocenters. The van der Waals surface area contributed by atoms with Gasteiger partial charge in [0.05, 0.1) is 0 Å². The number of phenols is 2. The highest BCUT2D eigenvalue weighted by molar-refractivity contribution is 5.94. The van der Waals surface area contributed by atoms with Crippen LogP contribution in [0.15, 0.2) is 42.5 Å². The van der Waals surface area contributed by atoms with Crippen LogP contribution in [0.25, 0.3) is 12.2 Å². The zero-order chi connectivity index (χ0) is 13.8. The Bertz CT molecular complexity index is 607. The first kappa shape index (κ1) is 12.7. The molecule has 0 saturated heterocycles. The summed E-state index contributed by atoms with van der Waals surface area (Å²) in [6, 6.07) is 12.1. The molecule has 2 aromatic carbocycles. The number of hydrogen-bond donors (Lipinski definition) is 3. The molecule has 0 saturated carbocycles. The summed E-state index contributed by atoms with van der Waals surface area (Å²) < 4.78 is 0. The van der Waals surface area contributed by atoms with E-state index in [0.29, 0.717) is 5.56 Å². The summed E-state index contributed by atoms with van der Waals surface area (Å²) in [6.07, 6.45) is 3.48. The number of aromatic hydroxyl groups is 2. The van der Waals surface area contributed by atoms with Crippen LogP contribution in [0.3, 0.4) is 0 Å². The third-order valence-corrected chi connectivity index (χ3v) is 2.60. The van der Waals surface area contributed by atoms with Crippen molar-refractivity contribution in [3.05, 3.63) is 59.2 Å². The van der Waals surface area contributed by atoms with E-state index in [9.17, 15) is 15.0 Å². The average molecular weight is 256 g/mol. The van der Waals surface area contributed by atoms with E-state index in [0.717, 1.165) is 5.56 Å². The minimum absolute atomic E-state index is 0.458. The Morgan fingerprint density at radius 1 is 0.895 bits per heavy atom. The van der Waals surface area contributed by atoms with Gasteiger partial charge in [0.15, 0.2) is 0 Å². The maximum Gasteiger partial charge on any atom is 0.343 e.